The Balaban J connectivity index is 1.95. The van der Waals surface area contributed by atoms with Crippen LogP contribution in [0.1, 0.15) is 56.7 Å². The van der Waals surface area contributed by atoms with Crippen LogP contribution in [0.5, 0.6) is 0 Å². The highest BCUT2D eigenvalue weighted by Gasteiger charge is 2.23. The largest absolute Gasteiger partial charge is 0.348 e. The van der Waals surface area contributed by atoms with Crippen LogP contribution in [0, 0.1) is 6.92 Å². The molecule has 1 heterocycles. The van der Waals surface area contributed by atoms with Gasteiger partial charge in [0.25, 0.3) is 0 Å². The smallest absolute Gasteiger partial charge is 0.237 e. The third-order valence-electron chi connectivity index (χ3n) is 4.58. The molecule has 0 aromatic heterocycles. The molecule has 1 aromatic rings. The van der Waals surface area contributed by atoms with Crippen LogP contribution in [-0.2, 0) is 4.79 Å². The number of carbonyl (C=O) groups excluding carboxylic acids is 1. The van der Waals surface area contributed by atoms with Crippen molar-refractivity contribution >= 4 is 5.91 Å². The quantitative estimate of drug-likeness (QED) is 0.920. The zero-order valence-electron chi connectivity index (χ0n) is 13.6. The number of amides is 1. The molecule has 0 bridgehead atoms. The van der Waals surface area contributed by atoms with Gasteiger partial charge in [0.2, 0.25) is 5.91 Å². The Kier molecular flexibility index (Phi) is 5.80. The highest BCUT2D eigenvalue weighted by atomic mass is 16.2. The van der Waals surface area contributed by atoms with Crippen molar-refractivity contribution in [3.8, 4) is 0 Å². The Labute approximate surface area is 128 Å². The van der Waals surface area contributed by atoms with Gasteiger partial charge in [-0.3, -0.25) is 9.69 Å². The number of hydrogen-bond acceptors (Lipinski definition) is 2. The van der Waals surface area contributed by atoms with Gasteiger partial charge < -0.3 is 5.32 Å². The summed E-state index contributed by atoms with van der Waals surface area (Å²) in [7, 11) is 0. The molecule has 21 heavy (non-hydrogen) atoms. The van der Waals surface area contributed by atoms with Gasteiger partial charge >= 0.3 is 0 Å². The second-order valence-corrected chi connectivity index (χ2v) is 6.21. The second-order valence-electron chi connectivity index (χ2n) is 6.21. The van der Waals surface area contributed by atoms with Crippen molar-refractivity contribution in [2.75, 3.05) is 13.1 Å². The van der Waals surface area contributed by atoms with E-state index < -0.39 is 0 Å². The van der Waals surface area contributed by atoms with Crippen molar-refractivity contribution in [1.82, 2.24) is 10.2 Å². The maximum absolute atomic E-state index is 12.5. The van der Waals surface area contributed by atoms with Crippen LogP contribution in [0.15, 0.2) is 24.3 Å². The number of benzene rings is 1. The maximum Gasteiger partial charge on any atom is 0.237 e. The minimum absolute atomic E-state index is 0.0328. The average molecular weight is 288 g/mol. The fraction of sp³-hybridized carbons (Fsp3) is 0.611. The lowest BCUT2D eigenvalue weighted by Gasteiger charge is -2.28. The van der Waals surface area contributed by atoms with E-state index in [-0.39, 0.29) is 18.0 Å². The van der Waals surface area contributed by atoms with Crippen molar-refractivity contribution in [2.45, 2.75) is 58.5 Å². The standard InChI is InChI=1S/C18H28N2O/c1-14-10-6-7-11-17(14)15(2)19-18(21)16(3)20-12-8-4-5-9-13-20/h6-7,10-11,15-16H,4-5,8-9,12-13H2,1-3H3,(H,19,21). The fourth-order valence-electron chi connectivity index (χ4n) is 3.13. The van der Waals surface area contributed by atoms with Gasteiger partial charge in [0.1, 0.15) is 0 Å². The Morgan fingerprint density at radius 2 is 1.71 bits per heavy atom. The first-order valence-corrected chi connectivity index (χ1v) is 8.19. The fourth-order valence-corrected chi connectivity index (χ4v) is 3.13. The minimum atomic E-state index is -0.0328. The van der Waals surface area contributed by atoms with E-state index in [9.17, 15) is 4.79 Å². The number of nitrogens with zero attached hydrogens (tertiary/aromatic N) is 1. The molecule has 3 heteroatoms. The highest BCUT2D eigenvalue weighted by Crippen LogP contribution is 2.18. The molecule has 2 unspecified atom stereocenters. The number of hydrogen-bond donors (Lipinski definition) is 1. The highest BCUT2D eigenvalue weighted by molar-refractivity contribution is 5.81. The van der Waals surface area contributed by atoms with Crippen molar-refractivity contribution in [2.24, 2.45) is 0 Å². The Hall–Kier alpha value is -1.35. The number of likely N-dealkylation sites (tertiary alicyclic amines) is 1. The molecule has 3 nitrogen and oxygen atoms in total. The zero-order chi connectivity index (χ0) is 15.2. The molecule has 116 valence electrons. The summed E-state index contributed by atoms with van der Waals surface area (Å²) in [6.45, 7) is 8.29. The van der Waals surface area contributed by atoms with Gasteiger partial charge in [0.05, 0.1) is 12.1 Å². The predicted molar refractivity (Wildman–Crippen MR) is 87.2 cm³/mol. The lowest BCUT2D eigenvalue weighted by Crippen LogP contribution is -2.46. The van der Waals surface area contributed by atoms with Crippen LogP contribution in [0.2, 0.25) is 0 Å². The Bertz CT molecular complexity index is 464. The monoisotopic (exact) mass is 288 g/mol. The zero-order valence-corrected chi connectivity index (χ0v) is 13.6. The van der Waals surface area contributed by atoms with Gasteiger partial charge in [-0.2, -0.15) is 0 Å². The SMILES string of the molecule is Cc1ccccc1C(C)NC(=O)C(C)N1CCCCCC1. The molecule has 2 atom stereocenters. The van der Waals surface area contributed by atoms with E-state index in [0.29, 0.717) is 0 Å². The second kappa shape index (κ2) is 7.60. The first-order valence-electron chi connectivity index (χ1n) is 8.19. The topological polar surface area (TPSA) is 32.3 Å². The van der Waals surface area contributed by atoms with E-state index in [1.807, 2.05) is 19.1 Å². The lowest BCUT2D eigenvalue weighted by molar-refractivity contribution is -0.126. The molecule has 0 saturated carbocycles. The van der Waals surface area contributed by atoms with Crippen LogP contribution in [0.4, 0.5) is 0 Å². The van der Waals surface area contributed by atoms with Gasteiger partial charge in [-0.05, 0) is 57.8 Å². The van der Waals surface area contributed by atoms with E-state index in [2.05, 4.69) is 36.2 Å². The summed E-state index contributed by atoms with van der Waals surface area (Å²) >= 11 is 0. The summed E-state index contributed by atoms with van der Waals surface area (Å²) in [6, 6.07) is 8.28. The van der Waals surface area contributed by atoms with Gasteiger partial charge in [0, 0.05) is 0 Å². The summed E-state index contributed by atoms with van der Waals surface area (Å²) in [6.07, 6.45) is 5.02. The van der Waals surface area contributed by atoms with Crippen molar-refractivity contribution in [1.29, 1.82) is 0 Å². The van der Waals surface area contributed by atoms with E-state index >= 15 is 0 Å². The third-order valence-corrected chi connectivity index (χ3v) is 4.58. The number of aryl methyl sites for hydroxylation is 1. The summed E-state index contributed by atoms with van der Waals surface area (Å²) in [4.78, 5) is 14.8. The maximum atomic E-state index is 12.5. The first-order chi connectivity index (χ1) is 10.1. The number of rotatable bonds is 4. The molecule has 1 aliphatic heterocycles. The van der Waals surface area contributed by atoms with Crippen LogP contribution >= 0.6 is 0 Å². The third kappa shape index (κ3) is 4.31. The molecule has 0 spiro atoms. The average Bonchev–Trinajstić information content (AvgIpc) is 2.75. The minimum Gasteiger partial charge on any atom is -0.348 e. The van der Waals surface area contributed by atoms with Crippen molar-refractivity contribution in [3.05, 3.63) is 35.4 Å². The normalized spacial score (nSPS) is 19.6. The first kappa shape index (κ1) is 16.0. The molecule has 0 aliphatic carbocycles. The molecular formula is C18H28N2O. The molecule has 1 saturated heterocycles. The van der Waals surface area contributed by atoms with E-state index in [1.54, 1.807) is 0 Å². The molecule has 2 rings (SSSR count). The van der Waals surface area contributed by atoms with Crippen LogP contribution in [0.3, 0.4) is 0 Å². The van der Waals surface area contributed by atoms with Gasteiger partial charge in [-0.15, -0.1) is 0 Å². The summed E-state index contributed by atoms with van der Waals surface area (Å²) in [5, 5.41) is 3.17. The summed E-state index contributed by atoms with van der Waals surface area (Å²) in [5.74, 6) is 0.146. The summed E-state index contributed by atoms with van der Waals surface area (Å²) in [5.41, 5.74) is 2.43. The van der Waals surface area contributed by atoms with Gasteiger partial charge in [-0.1, -0.05) is 37.1 Å². The predicted octanol–water partition coefficient (Wildman–Crippen LogP) is 3.44. The van der Waals surface area contributed by atoms with E-state index in [0.717, 1.165) is 13.1 Å². The van der Waals surface area contributed by atoms with Gasteiger partial charge in [-0.25, -0.2) is 0 Å². The molecule has 0 radical (unpaired) electrons. The Morgan fingerprint density at radius 3 is 2.33 bits per heavy atom. The molecule has 1 N–H and O–H groups in total. The molecular weight excluding hydrogens is 260 g/mol. The Morgan fingerprint density at radius 1 is 1.10 bits per heavy atom. The number of carbonyl (C=O) groups is 1. The molecule has 1 fully saturated rings. The molecule has 1 aliphatic rings. The van der Waals surface area contributed by atoms with Crippen LogP contribution in [0.25, 0.3) is 0 Å². The van der Waals surface area contributed by atoms with E-state index in [4.69, 9.17) is 0 Å². The lowest BCUT2D eigenvalue weighted by atomic mass is 10.0. The van der Waals surface area contributed by atoms with Crippen LogP contribution in [-0.4, -0.2) is 29.9 Å². The van der Waals surface area contributed by atoms with Crippen LogP contribution < -0.4 is 5.32 Å². The molecule has 1 amide bonds. The molecule has 1 aromatic carbocycles. The number of nitrogens with one attached hydrogen (secondary N) is 1. The van der Waals surface area contributed by atoms with E-state index in [1.165, 1.54) is 36.8 Å². The summed E-state index contributed by atoms with van der Waals surface area (Å²) < 4.78 is 0. The van der Waals surface area contributed by atoms with Crippen molar-refractivity contribution < 1.29 is 4.79 Å². The van der Waals surface area contributed by atoms with Crippen molar-refractivity contribution in [3.63, 3.8) is 0 Å². The van der Waals surface area contributed by atoms with Gasteiger partial charge in [0.15, 0.2) is 0 Å².